The van der Waals surface area contributed by atoms with E-state index in [9.17, 15) is 0 Å². The first kappa shape index (κ1) is 14.1. The van der Waals surface area contributed by atoms with Crippen LogP contribution in [0.15, 0.2) is 54.6 Å². The van der Waals surface area contributed by atoms with Crippen LogP contribution in [0, 0.1) is 6.92 Å². The Hall–Kier alpha value is -1.89. The van der Waals surface area contributed by atoms with Gasteiger partial charge in [-0.1, -0.05) is 38.6 Å². The van der Waals surface area contributed by atoms with E-state index < -0.39 is 0 Å². The molecule has 0 unspecified atom stereocenters. The number of aromatic nitrogens is 1. The smallest absolute Gasteiger partial charge is 0.192 e. The number of fused-ring (bicyclic) bond motifs is 3. The standard InChI is InChI=1S/C20H24N/c1-5-20(6-2)15(3)14-21-16(4)10-9-13-19(21)17-11-7-8-12-18(17)20/h7-13H,3,5-6,14H2,1-2,4H3/q+1. The molecule has 0 amide bonds. The van der Waals surface area contributed by atoms with Crippen molar-refractivity contribution in [3.05, 3.63) is 65.9 Å². The number of pyridine rings is 1. The summed E-state index contributed by atoms with van der Waals surface area (Å²) in [7, 11) is 0. The van der Waals surface area contributed by atoms with Crippen molar-refractivity contribution in [1.82, 2.24) is 0 Å². The maximum absolute atomic E-state index is 4.49. The minimum atomic E-state index is 0.0923. The third kappa shape index (κ3) is 1.95. The van der Waals surface area contributed by atoms with Gasteiger partial charge < -0.3 is 0 Å². The second-order valence-electron chi connectivity index (χ2n) is 6.08. The highest BCUT2D eigenvalue weighted by Gasteiger charge is 2.39. The second-order valence-corrected chi connectivity index (χ2v) is 6.08. The fraction of sp³-hybridized carbons (Fsp3) is 0.350. The van der Waals surface area contributed by atoms with Gasteiger partial charge in [-0.25, -0.2) is 0 Å². The number of nitrogens with zero attached hydrogens (tertiary/aromatic N) is 1. The first-order chi connectivity index (χ1) is 10.1. The summed E-state index contributed by atoms with van der Waals surface area (Å²) in [5, 5.41) is 0. The normalized spacial score (nSPS) is 16.0. The molecule has 108 valence electrons. The lowest BCUT2D eigenvalue weighted by Gasteiger charge is -2.32. The Kier molecular flexibility index (Phi) is 3.44. The Morgan fingerprint density at radius 3 is 2.48 bits per heavy atom. The van der Waals surface area contributed by atoms with Gasteiger partial charge in [0.2, 0.25) is 5.69 Å². The molecule has 0 fully saturated rings. The molecule has 21 heavy (non-hydrogen) atoms. The van der Waals surface area contributed by atoms with E-state index in [4.69, 9.17) is 0 Å². The van der Waals surface area contributed by atoms with E-state index in [2.05, 4.69) is 74.4 Å². The monoisotopic (exact) mass is 278 g/mol. The molecule has 2 heterocycles. The van der Waals surface area contributed by atoms with Crippen molar-refractivity contribution in [2.45, 2.75) is 45.6 Å². The molecule has 1 aromatic carbocycles. The Balaban J connectivity index is 2.38. The number of benzene rings is 1. The Bertz CT molecular complexity index is 693. The van der Waals surface area contributed by atoms with Crippen LogP contribution in [-0.4, -0.2) is 0 Å². The van der Waals surface area contributed by atoms with Gasteiger partial charge in [-0.2, -0.15) is 4.57 Å². The van der Waals surface area contributed by atoms with Gasteiger partial charge in [0, 0.05) is 24.5 Å². The van der Waals surface area contributed by atoms with Gasteiger partial charge in [-0.3, -0.25) is 0 Å². The first-order valence-corrected chi connectivity index (χ1v) is 7.91. The molecule has 1 aliphatic heterocycles. The summed E-state index contributed by atoms with van der Waals surface area (Å²) in [5.41, 5.74) is 6.84. The second kappa shape index (κ2) is 5.14. The average Bonchev–Trinajstić information content (AvgIpc) is 2.61. The molecule has 1 heteroatoms. The summed E-state index contributed by atoms with van der Waals surface area (Å²) < 4.78 is 2.41. The Morgan fingerprint density at radius 1 is 1.05 bits per heavy atom. The number of allylic oxidation sites excluding steroid dienone is 1. The highest BCUT2D eigenvalue weighted by Crippen LogP contribution is 2.44. The lowest BCUT2D eigenvalue weighted by molar-refractivity contribution is -0.684. The average molecular weight is 278 g/mol. The summed E-state index contributed by atoms with van der Waals surface area (Å²) in [6, 6.07) is 15.5. The third-order valence-corrected chi connectivity index (χ3v) is 5.26. The molecule has 1 aromatic heterocycles. The first-order valence-electron chi connectivity index (χ1n) is 7.91. The fourth-order valence-corrected chi connectivity index (χ4v) is 3.88. The SMILES string of the molecule is C=C1C[n+]2c(C)cccc2-c2ccccc2C1(CC)CC. The number of rotatable bonds is 2. The van der Waals surface area contributed by atoms with Gasteiger partial charge in [0.05, 0.1) is 5.56 Å². The summed E-state index contributed by atoms with van der Waals surface area (Å²) in [5.74, 6) is 0. The van der Waals surface area contributed by atoms with Crippen molar-refractivity contribution >= 4 is 0 Å². The van der Waals surface area contributed by atoms with Gasteiger partial charge >= 0.3 is 0 Å². The number of aryl methyl sites for hydroxylation is 1. The molecule has 1 nitrogen and oxygen atoms in total. The lowest BCUT2D eigenvalue weighted by Crippen LogP contribution is -2.41. The van der Waals surface area contributed by atoms with Gasteiger partial charge in [0.15, 0.2) is 12.2 Å². The molecule has 0 saturated carbocycles. The Morgan fingerprint density at radius 2 is 1.76 bits per heavy atom. The van der Waals surface area contributed by atoms with Crippen LogP contribution in [0.3, 0.4) is 0 Å². The van der Waals surface area contributed by atoms with Crippen LogP contribution in [-0.2, 0) is 12.0 Å². The van der Waals surface area contributed by atoms with Gasteiger partial charge in [0.1, 0.15) is 0 Å². The summed E-state index contributed by atoms with van der Waals surface area (Å²) in [6.45, 7) is 12.2. The summed E-state index contributed by atoms with van der Waals surface area (Å²) in [6.07, 6.45) is 2.21. The van der Waals surface area contributed by atoms with E-state index in [1.165, 1.54) is 28.1 Å². The van der Waals surface area contributed by atoms with Crippen LogP contribution < -0.4 is 4.57 Å². The van der Waals surface area contributed by atoms with Crippen LogP contribution in [0.4, 0.5) is 0 Å². The van der Waals surface area contributed by atoms with E-state index in [-0.39, 0.29) is 5.41 Å². The van der Waals surface area contributed by atoms with Crippen molar-refractivity contribution in [2.24, 2.45) is 0 Å². The highest BCUT2D eigenvalue weighted by molar-refractivity contribution is 5.65. The third-order valence-electron chi connectivity index (χ3n) is 5.26. The van der Waals surface area contributed by atoms with Crippen LogP contribution in [0.25, 0.3) is 11.3 Å². The number of hydrogen-bond acceptors (Lipinski definition) is 0. The van der Waals surface area contributed by atoms with Gasteiger partial charge in [-0.05, 0) is 36.1 Å². The van der Waals surface area contributed by atoms with Crippen molar-refractivity contribution < 1.29 is 4.57 Å². The molecule has 0 radical (unpaired) electrons. The molecule has 3 rings (SSSR count). The van der Waals surface area contributed by atoms with Crippen molar-refractivity contribution in [1.29, 1.82) is 0 Å². The minimum absolute atomic E-state index is 0.0923. The van der Waals surface area contributed by atoms with Crippen molar-refractivity contribution in [3.8, 4) is 11.3 Å². The zero-order valence-electron chi connectivity index (χ0n) is 13.3. The van der Waals surface area contributed by atoms with Crippen LogP contribution in [0.5, 0.6) is 0 Å². The minimum Gasteiger partial charge on any atom is -0.192 e. The van der Waals surface area contributed by atoms with E-state index in [0.29, 0.717) is 0 Å². The molecular formula is C20H24N+. The maximum atomic E-state index is 4.49. The fourth-order valence-electron chi connectivity index (χ4n) is 3.88. The molecule has 0 spiro atoms. The number of hydrogen-bond donors (Lipinski definition) is 0. The molecular weight excluding hydrogens is 254 g/mol. The predicted octanol–water partition coefficient (Wildman–Crippen LogP) is 4.58. The van der Waals surface area contributed by atoms with Crippen LogP contribution in [0.1, 0.15) is 37.9 Å². The van der Waals surface area contributed by atoms with E-state index in [1.807, 2.05) is 0 Å². The molecule has 0 saturated heterocycles. The van der Waals surface area contributed by atoms with Crippen LogP contribution >= 0.6 is 0 Å². The Labute approximate surface area is 128 Å². The summed E-state index contributed by atoms with van der Waals surface area (Å²) >= 11 is 0. The lowest BCUT2D eigenvalue weighted by atomic mass is 9.69. The largest absolute Gasteiger partial charge is 0.213 e. The topological polar surface area (TPSA) is 3.88 Å². The zero-order valence-corrected chi connectivity index (χ0v) is 13.3. The van der Waals surface area contributed by atoms with E-state index >= 15 is 0 Å². The quantitative estimate of drug-likeness (QED) is 0.559. The van der Waals surface area contributed by atoms with E-state index in [0.717, 1.165) is 19.4 Å². The van der Waals surface area contributed by atoms with Gasteiger partial charge in [0.25, 0.3) is 0 Å². The van der Waals surface area contributed by atoms with Gasteiger partial charge in [-0.15, -0.1) is 0 Å². The highest BCUT2D eigenvalue weighted by atomic mass is 15.0. The summed E-state index contributed by atoms with van der Waals surface area (Å²) in [4.78, 5) is 0. The van der Waals surface area contributed by atoms with E-state index in [1.54, 1.807) is 0 Å². The predicted molar refractivity (Wildman–Crippen MR) is 88.2 cm³/mol. The van der Waals surface area contributed by atoms with Crippen LogP contribution in [0.2, 0.25) is 0 Å². The molecule has 0 aliphatic carbocycles. The van der Waals surface area contributed by atoms with Crippen molar-refractivity contribution in [3.63, 3.8) is 0 Å². The van der Waals surface area contributed by atoms with Crippen molar-refractivity contribution in [2.75, 3.05) is 0 Å². The maximum Gasteiger partial charge on any atom is 0.213 e. The molecule has 1 aliphatic rings. The molecule has 0 atom stereocenters. The molecule has 2 aromatic rings. The zero-order chi connectivity index (χ0) is 15.0. The molecule has 0 bridgehead atoms. The molecule has 0 N–H and O–H groups in total.